The number of likely N-dealkylation sites (N-methyl/N-ethyl adjacent to an activating group) is 1. The summed E-state index contributed by atoms with van der Waals surface area (Å²) in [4.78, 5) is 4.60. The molecule has 0 aliphatic heterocycles. The number of phenols is 2. The normalized spacial score (nSPS) is 8.53. The molecule has 2 rings (SSSR count). The maximum atomic E-state index is 10.0. The average Bonchev–Trinajstić information content (AvgIpc) is 2.84. The first kappa shape index (κ1) is 53.5. The summed E-state index contributed by atoms with van der Waals surface area (Å²) in [6.07, 6.45) is 0. The predicted octanol–water partition coefficient (Wildman–Crippen LogP) is 3.22. The van der Waals surface area contributed by atoms with Gasteiger partial charge in [0.05, 0.1) is 0 Å². The molecule has 0 saturated carbocycles. The number of nitrogens with zero attached hydrogens (tertiary/aromatic N) is 2. The minimum atomic E-state index is 0. The van der Waals surface area contributed by atoms with E-state index in [1.165, 1.54) is 11.1 Å². The van der Waals surface area contributed by atoms with Crippen molar-refractivity contribution in [1.82, 2.24) is 9.80 Å². The summed E-state index contributed by atoms with van der Waals surface area (Å²) < 4.78 is 0. The van der Waals surface area contributed by atoms with E-state index < -0.39 is 0 Å². The number of benzene rings is 2. The molecule has 2 aromatic rings. The molecule has 0 amide bonds. The van der Waals surface area contributed by atoms with Gasteiger partial charge >= 0.3 is 0 Å². The van der Waals surface area contributed by atoms with Crippen LogP contribution in [0, 0.1) is 42.5 Å². The van der Waals surface area contributed by atoms with Crippen LogP contribution in [-0.4, -0.2) is 96.1 Å². The molecule has 0 radical (unpaired) electrons. The van der Waals surface area contributed by atoms with Crippen LogP contribution in [0.1, 0.15) is 33.4 Å². The summed E-state index contributed by atoms with van der Waals surface area (Å²) in [5.41, 5.74) is 6.10. The van der Waals surface area contributed by atoms with Crippen molar-refractivity contribution in [2.75, 3.05) is 55.6 Å². The molecule has 0 unspecified atom stereocenters. The van der Waals surface area contributed by atoms with Gasteiger partial charge in [0.1, 0.15) is 11.5 Å². The first-order valence-corrected chi connectivity index (χ1v) is 10.9. The third-order valence-electron chi connectivity index (χ3n) is 4.78. The fourth-order valence-electron chi connectivity index (χ4n) is 3.35. The van der Waals surface area contributed by atoms with Crippen molar-refractivity contribution in [2.24, 2.45) is 0 Å². The molecular weight excluding hydrogens is 556 g/mol. The van der Waals surface area contributed by atoms with Crippen molar-refractivity contribution in [3.63, 3.8) is 0 Å². The number of rotatable bonds is 7. The predicted molar refractivity (Wildman–Crippen MR) is 153 cm³/mol. The van der Waals surface area contributed by atoms with Crippen LogP contribution in [0.4, 0.5) is 0 Å². The number of hydrogen-bond acceptors (Lipinski definition) is 8. The molecule has 0 heterocycles. The number of phenolic OH excluding ortho intramolecular Hbond substituents is 2. The molecule has 0 saturated heterocycles. The topological polar surface area (TPSA) is 128 Å². The van der Waals surface area contributed by atoms with Gasteiger partial charge in [0.2, 0.25) is 0 Å². The first-order chi connectivity index (χ1) is 16.2. The molecule has 0 fully saturated rings. The molecule has 0 spiro atoms. The molecule has 0 aliphatic rings. The third kappa shape index (κ3) is 21.1. The zero-order valence-electron chi connectivity index (χ0n) is 25.7. The molecule has 8 nitrogen and oxygen atoms in total. The number of aryl methyl sites for hydroxylation is 4. The van der Waals surface area contributed by atoms with Crippen molar-refractivity contribution in [2.45, 2.75) is 40.8 Å². The molecule has 0 aromatic heterocycles. The van der Waals surface area contributed by atoms with Crippen LogP contribution in [0.5, 0.6) is 11.5 Å². The van der Waals surface area contributed by atoms with Gasteiger partial charge in [0, 0.05) is 98.1 Å². The SMILES string of the molecule is CO.CO.CO.CO.Cc1cc(CN(CCN(C)C)Cc2cc(C)c(O)c(C)c2)cc(C)c1O.[CH3-].[CH3-].[Ti].[Ti]. The van der Waals surface area contributed by atoms with Crippen molar-refractivity contribution >= 4 is 0 Å². The van der Waals surface area contributed by atoms with Gasteiger partial charge in [-0.15, -0.1) is 0 Å². The second kappa shape index (κ2) is 32.4. The molecule has 10 heteroatoms. The Morgan fingerprint density at radius 1 is 0.526 bits per heavy atom. The van der Waals surface area contributed by atoms with E-state index in [4.69, 9.17) is 20.4 Å². The quantitative estimate of drug-likeness (QED) is 0.209. The van der Waals surface area contributed by atoms with Crippen molar-refractivity contribution in [3.8, 4) is 11.5 Å². The average molecular weight is 610 g/mol. The minimum Gasteiger partial charge on any atom is -0.507 e. The van der Waals surface area contributed by atoms with E-state index in [0.717, 1.165) is 76.9 Å². The van der Waals surface area contributed by atoms with Crippen LogP contribution in [0.25, 0.3) is 0 Å². The zero-order valence-corrected chi connectivity index (χ0v) is 28.8. The Morgan fingerprint density at radius 2 is 0.763 bits per heavy atom. The second-order valence-corrected chi connectivity index (χ2v) is 7.67. The number of hydrogen-bond donors (Lipinski definition) is 6. The molecule has 0 bridgehead atoms. The van der Waals surface area contributed by atoms with Crippen molar-refractivity contribution in [1.29, 1.82) is 0 Å². The Bertz CT molecular complexity index is 688. The number of aliphatic hydroxyl groups is 4. The van der Waals surface area contributed by atoms with Gasteiger partial charge in [0.15, 0.2) is 0 Å². The molecule has 2 aromatic carbocycles. The van der Waals surface area contributed by atoms with Gasteiger partial charge in [-0.25, -0.2) is 0 Å². The maximum Gasteiger partial charge on any atom is 0.121 e. The van der Waals surface area contributed by atoms with E-state index in [-0.39, 0.29) is 58.3 Å². The van der Waals surface area contributed by atoms with E-state index in [1.54, 1.807) is 0 Å². The summed E-state index contributed by atoms with van der Waals surface area (Å²) in [5.74, 6) is 0.775. The van der Waals surface area contributed by atoms with Gasteiger partial charge in [-0.2, -0.15) is 0 Å². The van der Waals surface area contributed by atoms with Gasteiger partial charge in [-0.3, -0.25) is 4.90 Å². The van der Waals surface area contributed by atoms with Gasteiger partial charge in [-0.1, -0.05) is 24.3 Å². The van der Waals surface area contributed by atoms with Gasteiger partial charge in [0.25, 0.3) is 0 Å². The fraction of sp³-hybridized carbons (Fsp3) is 0.500. The third-order valence-corrected chi connectivity index (χ3v) is 4.78. The van der Waals surface area contributed by atoms with Crippen molar-refractivity contribution in [3.05, 3.63) is 72.5 Å². The second-order valence-electron chi connectivity index (χ2n) is 7.67. The Kier molecular flexibility index (Phi) is 45.7. The van der Waals surface area contributed by atoms with E-state index in [0.29, 0.717) is 11.5 Å². The van der Waals surface area contributed by atoms with E-state index >= 15 is 0 Å². The van der Waals surface area contributed by atoms with Crippen LogP contribution < -0.4 is 0 Å². The summed E-state index contributed by atoms with van der Waals surface area (Å²) in [5, 5.41) is 48.0. The van der Waals surface area contributed by atoms with E-state index in [9.17, 15) is 10.2 Å². The largest absolute Gasteiger partial charge is 0.507 e. The smallest absolute Gasteiger partial charge is 0.121 e. The van der Waals surface area contributed by atoms with E-state index in [2.05, 4.69) is 48.2 Å². The van der Waals surface area contributed by atoms with Gasteiger partial charge in [-0.05, 0) is 75.2 Å². The van der Waals surface area contributed by atoms with Crippen LogP contribution >= 0.6 is 0 Å². The molecular formula is C28H54N2O6Ti2-2. The first-order valence-electron chi connectivity index (χ1n) is 10.9. The van der Waals surface area contributed by atoms with Crippen molar-refractivity contribution < 1.29 is 74.1 Å². The summed E-state index contributed by atoms with van der Waals surface area (Å²) in [6.45, 7) is 11.4. The Balaban J connectivity index is -0.000000146. The molecule has 6 N–H and O–H groups in total. The number of aromatic hydroxyl groups is 2. The maximum absolute atomic E-state index is 10.0. The monoisotopic (exact) mass is 610 g/mol. The molecule has 222 valence electrons. The standard InChI is InChI=1S/C22H32N2O2.4CH4O.2CH3.2Ti/c1-15-9-19(10-16(2)21(15)25)13-24(8-7-23(5)6)14-20-11-17(3)22(26)18(4)12-20;4*1-2;;;;/h9-12,25-26H,7-8,13-14H2,1-6H3;4*2H,1H3;2*1H3;;/q;;;;;2*-1;;. The van der Waals surface area contributed by atoms with Crippen LogP contribution in [0.3, 0.4) is 0 Å². The molecule has 0 aliphatic carbocycles. The number of aliphatic hydroxyl groups excluding tert-OH is 4. The zero-order chi connectivity index (χ0) is 27.4. The summed E-state index contributed by atoms with van der Waals surface area (Å²) in [6, 6.07) is 8.27. The van der Waals surface area contributed by atoms with Crippen LogP contribution in [0.2, 0.25) is 0 Å². The Hall–Kier alpha value is -0.771. The van der Waals surface area contributed by atoms with Crippen LogP contribution in [-0.2, 0) is 56.5 Å². The minimum absolute atomic E-state index is 0. The molecule has 0 atom stereocenters. The Morgan fingerprint density at radius 3 is 0.974 bits per heavy atom. The fourth-order valence-corrected chi connectivity index (χ4v) is 3.35. The summed E-state index contributed by atoms with van der Waals surface area (Å²) >= 11 is 0. The molecule has 38 heavy (non-hydrogen) atoms. The Labute approximate surface area is 263 Å². The van der Waals surface area contributed by atoms with Gasteiger partial charge < -0.3 is 50.4 Å². The van der Waals surface area contributed by atoms with Crippen LogP contribution in [0.15, 0.2) is 24.3 Å². The summed E-state index contributed by atoms with van der Waals surface area (Å²) in [7, 11) is 8.17. The van der Waals surface area contributed by atoms with E-state index in [1.807, 2.05) is 27.7 Å².